The summed E-state index contributed by atoms with van der Waals surface area (Å²) in [6.07, 6.45) is 1.49. The van der Waals surface area contributed by atoms with Crippen molar-refractivity contribution in [3.8, 4) is 5.82 Å². The molecule has 0 unspecified atom stereocenters. The van der Waals surface area contributed by atoms with Gasteiger partial charge < -0.3 is 0 Å². The van der Waals surface area contributed by atoms with E-state index in [0.717, 1.165) is 0 Å². The molecule has 0 saturated carbocycles. The number of pyridine rings is 1. The first-order valence-corrected chi connectivity index (χ1v) is 6.05. The topological polar surface area (TPSA) is 43.6 Å². The van der Waals surface area contributed by atoms with Crippen molar-refractivity contribution in [2.75, 3.05) is 0 Å². The van der Waals surface area contributed by atoms with Crippen molar-refractivity contribution in [3.05, 3.63) is 32.0 Å². The SMILES string of the molecule is Fc1cc(Br)cnc1-n1nc(Br)nc1Br. The largest absolute Gasteiger partial charge is 0.233 e. The van der Waals surface area contributed by atoms with Crippen LogP contribution in [0.15, 0.2) is 26.2 Å². The predicted octanol–water partition coefficient (Wildman–Crippen LogP) is 3.09. The first kappa shape index (κ1) is 11.2. The minimum Gasteiger partial charge on any atom is -0.233 e. The van der Waals surface area contributed by atoms with Gasteiger partial charge in [0.05, 0.1) is 0 Å². The molecule has 78 valence electrons. The Labute approximate surface area is 109 Å². The lowest BCUT2D eigenvalue weighted by molar-refractivity contribution is 0.596. The summed E-state index contributed by atoms with van der Waals surface area (Å²) >= 11 is 9.36. The van der Waals surface area contributed by atoms with Gasteiger partial charge in [0.25, 0.3) is 0 Å². The molecule has 0 saturated heterocycles. The molecule has 0 amide bonds. The average molecular weight is 401 g/mol. The Bertz CT molecular complexity index is 513. The van der Waals surface area contributed by atoms with Crippen molar-refractivity contribution >= 4 is 47.8 Å². The van der Waals surface area contributed by atoms with Crippen LogP contribution in [0.25, 0.3) is 5.82 Å². The van der Waals surface area contributed by atoms with Crippen molar-refractivity contribution in [2.24, 2.45) is 0 Å². The van der Waals surface area contributed by atoms with Gasteiger partial charge in [0.1, 0.15) is 0 Å². The van der Waals surface area contributed by atoms with Crippen LogP contribution in [0.3, 0.4) is 0 Å². The van der Waals surface area contributed by atoms with Crippen LogP contribution in [0.4, 0.5) is 4.39 Å². The third kappa shape index (κ3) is 2.26. The molecule has 0 bridgehead atoms. The Hall–Kier alpha value is -0.340. The summed E-state index contributed by atoms with van der Waals surface area (Å²) in [6.45, 7) is 0. The van der Waals surface area contributed by atoms with E-state index in [2.05, 4.69) is 62.9 Å². The van der Waals surface area contributed by atoms with Crippen molar-refractivity contribution in [1.82, 2.24) is 19.7 Å². The Morgan fingerprint density at radius 1 is 1.27 bits per heavy atom. The van der Waals surface area contributed by atoms with E-state index in [1.807, 2.05) is 0 Å². The van der Waals surface area contributed by atoms with Gasteiger partial charge in [-0.15, -0.1) is 5.10 Å². The van der Waals surface area contributed by atoms with Gasteiger partial charge in [-0.25, -0.2) is 9.37 Å². The molecule has 0 fully saturated rings. The van der Waals surface area contributed by atoms with Crippen LogP contribution in [-0.2, 0) is 0 Å². The van der Waals surface area contributed by atoms with E-state index in [4.69, 9.17) is 0 Å². The summed E-state index contributed by atoms with van der Waals surface area (Å²) < 4.78 is 16.1. The first-order chi connectivity index (χ1) is 7.08. The molecule has 0 atom stereocenters. The predicted molar refractivity (Wildman–Crippen MR) is 62.2 cm³/mol. The molecule has 2 rings (SSSR count). The van der Waals surface area contributed by atoms with Crippen LogP contribution >= 0.6 is 47.8 Å². The second-order valence-corrected chi connectivity index (χ2v) is 4.85. The lowest BCUT2D eigenvalue weighted by atomic mass is 10.4. The Morgan fingerprint density at radius 2 is 2.00 bits per heavy atom. The summed E-state index contributed by atoms with van der Waals surface area (Å²) in [5, 5.41) is 3.93. The number of nitrogens with zero attached hydrogens (tertiary/aromatic N) is 4. The van der Waals surface area contributed by atoms with Crippen molar-refractivity contribution in [2.45, 2.75) is 0 Å². The van der Waals surface area contributed by atoms with E-state index in [9.17, 15) is 4.39 Å². The summed E-state index contributed by atoms with van der Waals surface area (Å²) in [4.78, 5) is 7.83. The third-order valence-corrected chi connectivity index (χ3v) is 2.81. The van der Waals surface area contributed by atoms with Crippen molar-refractivity contribution in [1.29, 1.82) is 0 Å². The third-order valence-electron chi connectivity index (χ3n) is 1.53. The lowest BCUT2D eigenvalue weighted by Crippen LogP contribution is -2.03. The molecule has 2 aromatic rings. The number of aromatic nitrogens is 4. The highest BCUT2D eigenvalue weighted by Crippen LogP contribution is 2.20. The van der Waals surface area contributed by atoms with Gasteiger partial charge in [0.15, 0.2) is 11.6 Å². The number of hydrogen-bond donors (Lipinski definition) is 0. The molecule has 0 aliphatic heterocycles. The van der Waals surface area contributed by atoms with Gasteiger partial charge in [-0.2, -0.15) is 9.67 Å². The minimum absolute atomic E-state index is 0.0864. The maximum absolute atomic E-state index is 13.5. The molecular formula is C7H2Br3FN4. The zero-order valence-electron chi connectivity index (χ0n) is 6.96. The smallest absolute Gasteiger partial charge is 0.218 e. The standard InChI is InChI=1S/C7H2Br3FN4/c8-3-1-4(11)5(12-2-3)15-7(10)13-6(9)14-15/h1-2H. The number of rotatable bonds is 1. The number of halogens is 4. The van der Waals surface area contributed by atoms with Gasteiger partial charge in [-0.1, -0.05) is 0 Å². The van der Waals surface area contributed by atoms with E-state index >= 15 is 0 Å². The second-order valence-electron chi connectivity index (χ2n) is 2.52. The average Bonchev–Trinajstić information content (AvgIpc) is 2.45. The molecule has 8 heteroatoms. The molecule has 2 aromatic heterocycles. The fraction of sp³-hybridized carbons (Fsp3) is 0. The minimum atomic E-state index is -0.484. The van der Waals surface area contributed by atoms with Gasteiger partial charge in [-0.3, -0.25) is 0 Å². The Kier molecular flexibility index (Phi) is 3.17. The van der Waals surface area contributed by atoms with Gasteiger partial charge in [0.2, 0.25) is 9.47 Å². The fourth-order valence-corrected chi connectivity index (χ4v) is 2.25. The normalized spacial score (nSPS) is 10.7. The van der Waals surface area contributed by atoms with Crippen LogP contribution in [0.2, 0.25) is 0 Å². The zero-order valence-corrected chi connectivity index (χ0v) is 11.7. The van der Waals surface area contributed by atoms with Crippen LogP contribution in [0.1, 0.15) is 0 Å². The van der Waals surface area contributed by atoms with Crippen LogP contribution in [0, 0.1) is 5.82 Å². The van der Waals surface area contributed by atoms with Crippen molar-refractivity contribution < 1.29 is 4.39 Å². The molecular weight excluding hydrogens is 399 g/mol. The van der Waals surface area contributed by atoms with E-state index in [-0.39, 0.29) is 5.82 Å². The summed E-state index contributed by atoms with van der Waals surface area (Å²) in [6, 6.07) is 1.31. The highest BCUT2D eigenvalue weighted by atomic mass is 79.9. The summed E-state index contributed by atoms with van der Waals surface area (Å²) in [7, 11) is 0. The Morgan fingerprint density at radius 3 is 2.53 bits per heavy atom. The molecule has 0 N–H and O–H groups in total. The van der Waals surface area contributed by atoms with Gasteiger partial charge in [-0.05, 0) is 53.9 Å². The van der Waals surface area contributed by atoms with E-state index in [1.165, 1.54) is 16.9 Å². The quantitative estimate of drug-likeness (QED) is 0.739. The van der Waals surface area contributed by atoms with Gasteiger partial charge in [0, 0.05) is 10.7 Å². The first-order valence-electron chi connectivity index (χ1n) is 3.67. The molecule has 2 heterocycles. The highest BCUT2D eigenvalue weighted by molar-refractivity contribution is 9.11. The van der Waals surface area contributed by atoms with Gasteiger partial charge >= 0.3 is 0 Å². The summed E-state index contributed by atoms with van der Waals surface area (Å²) in [5.41, 5.74) is 0. The molecule has 4 nitrogen and oxygen atoms in total. The Balaban J connectivity index is 2.59. The van der Waals surface area contributed by atoms with Crippen molar-refractivity contribution in [3.63, 3.8) is 0 Å². The second kappa shape index (κ2) is 4.26. The summed E-state index contributed by atoms with van der Waals surface area (Å²) in [5.74, 6) is -0.397. The fourth-order valence-electron chi connectivity index (χ4n) is 0.968. The lowest BCUT2D eigenvalue weighted by Gasteiger charge is -2.02. The van der Waals surface area contributed by atoms with E-state index < -0.39 is 5.82 Å². The monoisotopic (exact) mass is 398 g/mol. The molecule has 0 aliphatic rings. The van der Waals surface area contributed by atoms with Crippen LogP contribution in [0.5, 0.6) is 0 Å². The van der Waals surface area contributed by atoms with E-state index in [0.29, 0.717) is 13.9 Å². The van der Waals surface area contributed by atoms with Crippen LogP contribution in [-0.4, -0.2) is 19.7 Å². The zero-order chi connectivity index (χ0) is 11.0. The molecule has 0 aromatic carbocycles. The maximum atomic E-state index is 13.5. The molecule has 15 heavy (non-hydrogen) atoms. The molecule has 0 aliphatic carbocycles. The molecule has 0 radical (unpaired) electrons. The molecule has 0 spiro atoms. The van der Waals surface area contributed by atoms with Crippen LogP contribution < -0.4 is 0 Å². The maximum Gasteiger partial charge on any atom is 0.218 e. The van der Waals surface area contributed by atoms with E-state index in [1.54, 1.807) is 0 Å². The number of hydrogen-bond acceptors (Lipinski definition) is 3. The highest BCUT2D eigenvalue weighted by Gasteiger charge is 2.13.